The number of hydrogen-bond acceptors (Lipinski definition) is 2. The lowest BCUT2D eigenvalue weighted by Crippen LogP contribution is -1.80. The summed E-state index contributed by atoms with van der Waals surface area (Å²) in [6, 6.07) is 16.1. The topological polar surface area (TPSA) is 40.5 Å². The van der Waals surface area contributed by atoms with E-state index in [2.05, 4.69) is 6.92 Å². The van der Waals surface area contributed by atoms with E-state index in [-0.39, 0.29) is 0 Å². The Kier molecular flexibility index (Phi) is 5.66. The van der Waals surface area contributed by atoms with E-state index in [0.29, 0.717) is 11.5 Å². The zero-order valence-electron chi connectivity index (χ0n) is 10.0. The van der Waals surface area contributed by atoms with Gasteiger partial charge in [0.25, 0.3) is 0 Å². The van der Waals surface area contributed by atoms with Crippen molar-refractivity contribution in [1.29, 1.82) is 0 Å². The van der Waals surface area contributed by atoms with Crippen LogP contribution in [-0.4, -0.2) is 10.2 Å². The highest BCUT2D eigenvalue weighted by atomic mass is 16.3. The minimum absolute atomic E-state index is 0.322. The van der Waals surface area contributed by atoms with Gasteiger partial charge >= 0.3 is 0 Å². The summed E-state index contributed by atoms with van der Waals surface area (Å²) in [5.41, 5.74) is 1.21. The van der Waals surface area contributed by atoms with Crippen LogP contribution in [-0.2, 0) is 6.42 Å². The van der Waals surface area contributed by atoms with E-state index in [1.54, 1.807) is 30.3 Å². The molecular formula is C15H18O2. The van der Waals surface area contributed by atoms with Crippen molar-refractivity contribution in [3.8, 4) is 11.5 Å². The van der Waals surface area contributed by atoms with E-state index in [1.165, 1.54) is 5.56 Å². The molecule has 2 nitrogen and oxygen atoms in total. The summed E-state index contributed by atoms with van der Waals surface area (Å²) < 4.78 is 0. The number of rotatable bonds is 2. The van der Waals surface area contributed by atoms with Gasteiger partial charge in [0.05, 0.1) is 0 Å². The normalized spacial score (nSPS) is 9.24. The van der Waals surface area contributed by atoms with Crippen molar-refractivity contribution in [3.05, 3.63) is 60.2 Å². The molecule has 0 aliphatic heterocycles. The molecule has 0 heterocycles. The third kappa shape index (κ3) is 5.61. The molecule has 0 spiro atoms. The quantitative estimate of drug-likeness (QED) is 0.825. The second-order valence-electron chi connectivity index (χ2n) is 3.76. The Morgan fingerprint density at radius 1 is 0.824 bits per heavy atom. The van der Waals surface area contributed by atoms with E-state index in [1.807, 2.05) is 24.3 Å². The van der Waals surface area contributed by atoms with Gasteiger partial charge in [-0.2, -0.15) is 0 Å². The number of aromatic hydroxyl groups is 2. The number of hydrogen-bond donors (Lipinski definition) is 2. The molecule has 0 unspecified atom stereocenters. The number of benzene rings is 2. The smallest absolute Gasteiger partial charge is 0.115 e. The molecule has 90 valence electrons. The summed E-state index contributed by atoms with van der Waals surface area (Å²) in [4.78, 5) is 0. The van der Waals surface area contributed by atoms with E-state index in [9.17, 15) is 0 Å². The Labute approximate surface area is 102 Å². The zero-order chi connectivity index (χ0) is 12.5. The molecular weight excluding hydrogens is 212 g/mol. The Morgan fingerprint density at radius 2 is 1.47 bits per heavy atom. The molecule has 0 atom stereocenters. The van der Waals surface area contributed by atoms with E-state index >= 15 is 0 Å². The first kappa shape index (κ1) is 13.1. The minimum atomic E-state index is 0.322. The van der Waals surface area contributed by atoms with Crippen molar-refractivity contribution >= 4 is 0 Å². The zero-order valence-corrected chi connectivity index (χ0v) is 10.0. The lowest BCUT2D eigenvalue weighted by molar-refractivity contribution is 0.474. The van der Waals surface area contributed by atoms with Gasteiger partial charge in [-0.15, -0.1) is 0 Å². The van der Waals surface area contributed by atoms with Gasteiger partial charge in [-0.25, -0.2) is 0 Å². The van der Waals surface area contributed by atoms with Crippen LogP contribution in [0, 0.1) is 0 Å². The van der Waals surface area contributed by atoms with Crippen LogP contribution in [0.3, 0.4) is 0 Å². The molecule has 17 heavy (non-hydrogen) atoms. The van der Waals surface area contributed by atoms with Gasteiger partial charge in [0.2, 0.25) is 0 Å². The molecule has 0 aliphatic rings. The third-order valence-corrected chi connectivity index (χ3v) is 2.21. The highest BCUT2D eigenvalue weighted by molar-refractivity contribution is 5.26. The van der Waals surface area contributed by atoms with E-state index in [0.717, 1.165) is 12.8 Å². The molecule has 2 rings (SSSR count). The fourth-order valence-corrected chi connectivity index (χ4v) is 1.43. The van der Waals surface area contributed by atoms with Crippen LogP contribution in [0.4, 0.5) is 0 Å². The monoisotopic (exact) mass is 230 g/mol. The molecule has 0 bridgehead atoms. The van der Waals surface area contributed by atoms with Crippen molar-refractivity contribution < 1.29 is 10.2 Å². The predicted molar refractivity (Wildman–Crippen MR) is 70.2 cm³/mol. The maximum absolute atomic E-state index is 9.04. The van der Waals surface area contributed by atoms with Gasteiger partial charge in [0, 0.05) is 0 Å². The summed E-state index contributed by atoms with van der Waals surface area (Å²) in [5.74, 6) is 0.688. The average Bonchev–Trinajstić information content (AvgIpc) is 2.31. The van der Waals surface area contributed by atoms with Crippen LogP contribution in [0.1, 0.15) is 18.9 Å². The molecule has 0 fully saturated rings. The number of phenolic OH excluding ortho intramolecular Hbond substituents is 2. The van der Waals surface area contributed by atoms with Crippen molar-refractivity contribution in [2.24, 2.45) is 0 Å². The maximum Gasteiger partial charge on any atom is 0.115 e. The first-order valence-electron chi connectivity index (χ1n) is 5.74. The molecule has 2 heteroatoms. The second-order valence-corrected chi connectivity index (χ2v) is 3.76. The Bertz CT molecular complexity index is 424. The fourth-order valence-electron chi connectivity index (χ4n) is 1.43. The standard InChI is InChI=1S/C9H12O.C6H6O/c1-2-4-8-5-3-6-9(10)7-8;7-6-4-2-1-3-5-6/h3,5-7,10H,2,4H2,1H3;1-5,7H. The second kappa shape index (κ2) is 7.34. The largest absolute Gasteiger partial charge is 0.508 e. The molecule has 2 N–H and O–H groups in total. The summed E-state index contributed by atoms with van der Waals surface area (Å²) in [6.45, 7) is 2.13. The summed E-state index contributed by atoms with van der Waals surface area (Å²) >= 11 is 0. The lowest BCUT2D eigenvalue weighted by atomic mass is 10.1. The summed E-state index contributed by atoms with van der Waals surface area (Å²) in [5, 5.41) is 17.7. The van der Waals surface area contributed by atoms with Gasteiger partial charge in [-0.3, -0.25) is 0 Å². The molecule has 2 aromatic rings. The molecule has 0 amide bonds. The van der Waals surface area contributed by atoms with Gasteiger partial charge in [0.15, 0.2) is 0 Å². The Hall–Kier alpha value is -1.96. The van der Waals surface area contributed by atoms with Gasteiger partial charge in [0.1, 0.15) is 11.5 Å². The van der Waals surface area contributed by atoms with E-state index in [4.69, 9.17) is 10.2 Å². The van der Waals surface area contributed by atoms with Crippen LogP contribution in [0.2, 0.25) is 0 Å². The molecule has 2 aromatic carbocycles. The highest BCUT2D eigenvalue weighted by Gasteiger charge is 1.90. The van der Waals surface area contributed by atoms with Crippen molar-refractivity contribution in [2.45, 2.75) is 19.8 Å². The molecule has 0 saturated heterocycles. The van der Waals surface area contributed by atoms with Gasteiger partial charge in [-0.05, 0) is 36.2 Å². The molecule has 0 radical (unpaired) electrons. The van der Waals surface area contributed by atoms with Crippen molar-refractivity contribution in [1.82, 2.24) is 0 Å². The fraction of sp³-hybridized carbons (Fsp3) is 0.200. The first-order chi connectivity index (χ1) is 8.22. The average molecular weight is 230 g/mol. The number of phenols is 2. The van der Waals surface area contributed by atoms with Crippen LogP contribution in [0.15, 0.2) is 54.6 Å². The summed E-state index contributed by atoms with van der Waals surface area (Å²) in [7, 11) is 0. The summed E-state index contributed by atoms with van der Waals surface area (Å²) in [6.07, 6.45) is 2.18. The number of aryl methyl sites for hydroxylation is 1. The SMILES string of the molecule is CCCc1cccc(O)c1.Oc1ccccc1. The molecule has 0 aliphatic carbocycles. The highest BCUT2D eigenvalue weighted by Crippen LogP contribution is 2.11. The van der Waals surface area contributed by atoms with Crippen LogP contribution < -0.4 is 0 Å². The third-order valence-electron chi connectivity index (χ3n) is 2.21. The predicted octanol–water partition coefficient (Wildman–Crippen LogP) is 3.74. The van der Waals surface area contributed by atoms with Crippen LogP contribution in [0.25, 0.3) is 0 Å². The Balaban J connectivity index is 0.000000181. The first-order valence-corrected chi connectivity index (χ1v) is 5.74. The lowest BCUT2D eigenvalue weighted by Gasteiger charge is -1.97. The molecule has 0 saturated carbocycles. The number of para-hydroxylation sites is 1. The van der Waals surface area contributed by atoms with Crippen LogP contribution >= 0.6 is 0 Å². The van der Waals surface area contributed by atoms with E-state index < -0.39 is 0 Å². The van der Waals surface area contributed by atoms with Gasteiger partial charge in [-0.1, -0.05) is 43.7 Å². The maximum atomic E-state index is 9.04. The molecule has 0 aromatic heterocycles. The van der Waals surface area contributed by atoms with Crippen molar-refractivity contribution in [3.63, 3.8) is 0 Å². The minimum Gasteiger partial charge on any atom is -0.508 e. The van der Waals surface area contributed by atoms with Crippen molar-refractivity contribution in [2.75, 3.05) is 0 Å². The van der Waals surface area contributed by atoms with Crippen LogP contribution in [0.5, 0.6) is 11.5 Å². The Morgan fingerprint density at radius 3 is 1.94 bits per heavy atom. The van der Waals surface area contributed by atoms with Gasteiger partial charge < -0.3 is 10.2 Å².